The summed E-state index contributed by atoms with van der Waals surface area (Å²) in [5.74, 6) is 1.16. The van der Waals surface area contributed by atoms with Crippen LogP contribution >= 0.6 is 11.3 Å². The first-order chi connectivity index (χ1) is 15.7. The highest BCUT2D eigenvalue weighted by atomic mass is 32.1. The molecule has 2 aromatic heterocycles. The summed E-state index contributed by atoms with van der Waals surface area (Å²) in [6.45, 7) is 5.46. The van der Waals surface area contributed by atoms with Gasteiger partial charge in [0.05, 0.1) is 23.4 Å². The first-order valence-electron chi connectivity index (χ1n) is 10.5. The van der Waals surface area contributed by atoms with Crippen molar-refractivity contribution in [2.75, 3.05) is 19.8 Å². The van der Waals surface area contributed by atoms with E-state index in [1.807, 2.05) is 56.3 Å². The van der Waals surface area contributed by atoms with Crippen LogP contribution in [0.1, 0.15) is 29.9 Å². The fourth-order valence-corrected chi connectivity index (χ4v) is 4.25. The maximum absolute atomic E-state index is 12.9. The van der Waals surface area contributed by atoms with E-state index in [4.69, 9.17) is 9.47 Å². The zero-order valence-electron chi connectivity index (χ0n) is 18.0. The molecular weight excluding hydrogens is 424 g/mol. The van der Waals surface area contributed by atoms with E-state index in [0.29, 0.717) is 42.6 Å². The Morgan fingerprint density at radius 3 is 2.59 bits per heavy atom. The highest BCUT2D eigenvalue weighted by molar-refractivity contribution is 7.21. The Morgan fingerprint density at radius 1 is 1.00 bits per heavy atom. The minimum absolute atomic E-state index is 0.272. The molecule has 0 spiro atoms. The Kier molecular flexibility index (Phi) is 6.91. The van der Waals surface area contributed by atoms with E-state index in [1.165, 1.54) is 17.5 Å². The highest BCUT2D eigenvalue weighted by Crippen LogP contribution is 2.30. The average molecular weight is 449 g/mol. The molecule has 0 aliphatic heterocycles. The molecule has 164 valence electrons. The summed E-state index contributed by atoms with van der Waals surface area (Å²) in [4.78, 5) is 26.1. The number of nitrogens with zero attached hydrogens (tertiary/aromatic N) is 3. The number of nitrogens with one attached hydrogen (secondary N) is 1. The largest absolute Gasteiger partial charge is 0.490 e. The van der Waals surface area contributed by atoms with Gasteiger partial charge in [0.1, 0.15) is 10.7 Å². The van der Waals surface area contributed by atoms with Gasteiger partial charge in [-0.25, -0.2) is 15.0 Å². The monoisotopic (exact) mass is 448 g/mol. The molecule has 0 atom stereocenters. The van der Waals surface area contributed by atoms with Crippen molar-refractivity contribution in [3.63, 3.8) is 0 Å². The molecule has 0 saturated heterocycles. The van der Waals surface area contributed by atoms with Crippen molar-refractivity contribution < 1.29 is 14.3 Å². The lowest BCUT2D eigenvalue weighted by atomic mass is 10.1. The summed E-state index contributed by atoms with van der Waals surface area (Å²) in [5, 5.41) is 3.62. The lowest BCUT2D eigenvalue weighted by Gasteiger charge is -2.12. The first-order valence-corrected chi connectivity index (χ1v) is 11.3. The molecule has 0 radical (unpaired) electrons. The summed E-state index contributed by atoms with van der Waals surface area (Å²) in [6, 6.07) is 13.7. The van der Waals surface area contributed by atoms with Crippen LogP contribution in [0.3, 0.4) is 0 Å². The zero-order valence-corrected chi connectivity index (χ0v) is 18.8. The fourth-order valence-electron chi connectivity index (χ4n) is 3.29. The number of ether oxygens (including phenoxy) is 2. The first kappa shape index (κ1) is 21.7. The molecule has 2 heterocycles. The van der Waals surface area contributed by atoms with Crippen molar-refractivity contribution in [1.82, 2.24) is 20.3 Å². The Bertz CT molecular complexity index is 1190. The van der Waals surface area contributed by atoms with E-state index in [-0.39, 0.29) is 11.6 Å². The summed E-state index contributed by atoms with van der Waals surface area (Å²) in [6.07, 6.45) is 3.74. The molecule has 8 heteroatoms. The van der Waals surface area contributed by atoms with E-state index in [0.717, 1.165) is 21.5 Å². The predicted molar refractivity (Wildman–Crippen MR) is 125 cm³/mol. The van der Waals surface area contributed by atoms with Crippen LogP contribution in [0.4, 0.5) is 0 Å². The van der Waals surface area contributed by atoms with Crippen molar-refractivity contribution in [3.8, 4) is 22.2 Å². The number of rotatable bonds is 9. The van der Waals surface area contributed by atoms with Gasteiger partial charge >= 0.3 is 0 Å². The second-order valence-electron chi connectivity index (χ2n) is 6.89. The van der Waals surface area contributed by atoms with Crippen LogP contribution in [0.15, 0.2) is 54.9 Å². The number of aromatic nitrogens is 3. The maximum Gasteiger partial charge on any atom is 0.272 e. The Balaban J connectivity index is 1.46. The molecule has 7 nitrogen and oxygen atoms in total. The van der Waals surface area contributed by atoms with E-state index in [9.17, 15) is 4.79 Å². The van der Waals surface area contributed by atoms with E-state index < -0.39 is 0 Å². The van der Waals surface area contributed by atoms with Gasteiger partial charge < -0.3 is 14.8 Å². The molecule has 0 bridgehead atoms. The predicted octanol–water partition coefficient (Wildman–Crippen LogP) is 4.52. The number of para-hydroxylation sites is 1. The minimum Gasteiger partial charge on any atom is -0.490 e. The lowest BCUT2D eigenvalue weighted by Crippen LogP contribution is -2.27. The third-order valence-corrected chi connectivity index (χ3v) is 5.76. The molecule has 32 heavy (non-hydrogen) atoms. The fraction of sp³-hybridized carbons (Fsp3) is 0.250. The summed E-state index contributed by atoms with van der Waals surface area (Å²) < 4.78 is 12.3. The van der Waals surface area contributed by atoms with Crippen LogP contribution in [0, 0.1) is 0 Å². The van der Waals surface area contributed by atoms with Crippen LogP contribution in [0.5, 0.6) is 11.5 Å². The topological polar surface area (TPSA) is 86.2 Å². The molecule has 0 aliphatic rings. The number of fused-ring (bicyclic) bond motifs is 1. The van der Waals surface area contributed by atoms with Crippen molar-refractivity contribution in [2.45, 2.75) is 20.3 Å². The molecule has 1 N–H and O–H groups in total. The minimum atomic E-state index is -0.275. The van der Waals surface area contributed by atoms with Crippen molar-refractivity contribution >= 4 is 27.5 Å². The zero-order chi connectivity index (χ0) is 22.3. The second-order valence-corrected chi connectivity index (χ2v) is 7.92. The van der Waals surface area contributed by atoms with Gasteiger partial charge in [0.2, 0.25) is 0 Å². The second kappa shape index (κ2) is 10.2. The van der Waals surface area contributed by atoms with Crippen LogP contribution in [0.2, 0.25) is 0 Å². The number of hydrogen-bond acceptors (Lipinski definition) is 7. The van der Waals surface area contributed by atoms with Crippen LogP contribution < -0.4 is 14.8 Å². The molecule has 4 aromatic rings. The van der Waals surface area contributed by atoms with Crippen LogP contribution in [-0.4, -0.2) is 40.6 Å². The molecule has 0 aliphatic carbocycles. The van der Waals surface area contributed by atoms with Gasteiger partial charge in [-0.15, -0.1) is 11.3 Å². The van der Waals surface area contributed by atoms with Crippen LogP contribution in [0.25, 0.3) is 20.9 Å². The smallest absolute Gasteiger partial charge is 0.272 e. The Morgan fingerprint density at radius 2 is 1.78 bits per heavy atom. The number of hydrogen-bond donors (Lipinski definition) is 1. The average Bonchev–Trinajstić information content (AvgIpc) is 3.25. The van der Waals surface area contributed by atoms with Gasteiger partial charge in [0.25, 0.3) is 5.91 Å². The van der Waals surface area contributed by atoms with E-state index >= 15 is 0 Å². The van der Waals surface area contributed by atoms with E-state index in [2.05, 4.69) is 20.3 Å². The standard InChI is InChI=1S/C24H24N4O3S/c1-3-30-18-10-9-16(15-19(18)31-4-2)11-12-27-23(29)21-22(26-14-13-25-21)24-28-17-7-5-6-8-20(17)32-24/h5-10,13-15H,3-4,11-12H2,1-2H3,(H,27,29). The van der Waals surface area contributed by atoms with Gasteiger partial charge in [0, 0.05) is 18.9 Å². The SMILES string of the molecule is CCOc1ccc(CCNC(=O)c2nccnc2-c2nc3ccccc3s2)cc1OCC. The maximum atomic E-state index is 12.9. The highest BCUT2D eigenvalue weighted by Gasteiger charge is 2.18. The van der Waals surface area contributed by atoms with Crippen molar-refractivity contribution in [2.24, 2.45) is 0 Å². The quantitative estimate of drug-likeness (QED) is 0.405. The van der Waals surface area contributed by atoms with E-state index in [1.54, 1.807) is 6.20 Å². The molecule has 0 fully saturated rings. The molecule has 0 unspecified atom stereocenters. The van der Waals surface area contributed by atoms with Crippen molar-refractivity contribution in [1.29, 1.82) is 0 Å². The number of thiazole rings is 1. The van der Waals surface area contributed by atoms with Gasteiger partial charge in [-0.05, 0) is 50.1 Å². The lowest BCUT2D eigenvalue weighted by molar-refractivity contribution is 0.0949. The molecule has 1 amide bonds. The van der Waals surface area contributed by atoms with Gasteiger partial charge in [-0.2, -0.15) is 0 Å². The molecule has 2 aromatic carbocycles. The molecule has 0 saturated carbocycles. The number of benzene rings is 2. The molecule has 4 rings (SSSR count). The molecular formula is C24H24N4O3S. The third-order valence-electron chi connectivity index (χ3n) is 4.72. The Hall–Kier alpha value is -3.52. The van der Waals surface area contributed by atoms with Crippen molar-refractivity contribution in [3.05, 3.63) is 66.1 Å². The van der Waals surface area contributed by atoms with Crippen LogP contribution in [-0.2, 0) is 6.42 Å². The van der Waals surface area contributed by atoms with Gasteiger partial charge in [-0.1, -0.05) is 18.2 Å². The number of carbonyl (C=O) groups is 1. The Labute approximate surface area is 190 Å². The number of amides is 1. The summed E-state index contributed by atoms with van der Waals surface area (Å²) >= 11 is 1.49. The summed E-state index contributed by atoms with van der Waals surface area (Å²) in [7, 11) is 0. The number of carbonyl (C=O) groups excluding carboxylic acids is 1. The van der Waals surface area contributed by atoms with Gasteiger partial charge in [0.15, 0.2) is 17.2 Å². The summed E-state index contributed by atoms with van der Waals surface area (Å²) in [5.41, 5.74) is 2.69. The van der Waals surface area contributed by atoms with Gasteiger partial charge in [-0.3, -0.25) is 4.79 Å². The third kappa shape index (κ3) is 4.86. The normalized spacial score (nSPS) is 10.8.